The Morgan fingerprint density at radius 3 is 2.95 bits per heavy atom. The summed E-state index contributed by atoms with van der Waals surface area (Å²) in [6, 6.07) is 0. The van der Waals surface area contributed by atoms with Gasteiger partial charge >= 0.3 is 0 Å². The molecule has 1 fully saturated rings. The third-order valence-corrected chi connectivity index (χ3v) is 4.49. The van der Waals surface area contributed by atoms with Gasteiger partial charge in [0.05, 0.1) is 17.0 Å². The summed E-state index contributed by atoms with van der Waals surface area (Å²) in [5.41, 5.74) is 0.534. The molecule has 0 radical (unpaired) electrons. The van der Waals surface area contributed by atoms with Crippen molar-refractivity contribution in [2.45, 2.75) is 32.4 Å². The van der Waals surface area contributed by atoms with Crippen molar-refractivity contribution in [3.8, 4) is 0 Å². The van der Waals surface area contributed by atoms with Crippen LogP contribution in [-0.2, 0) is 13.1 Å². The first-order chi connectivity index (χ1) is 10.2. The Bertz CT molecular complexity index is 648. The summed E-state index contributed by atoms with van der Waals surface area (Å²) >= 11 is 3.40. The molecule has 6 nitrogen and oxygen atoms in total. The van der Waals surface area contributed by atoms with E-state index in [9.17, 15) is 4.79 Å². The highest BCUT2D eigenvalue weighted by Crippen LogP contribution is 2.27. The van der Waals surface area contributed by atoms with Crippen molar-refractivity contribution < 1.29 is 0 Å². The maximum atomic E-state index is 12.4. The maximum absolute atomic E-state index is 12.4. The molecule has 0 unspecified atom stereocenters. The first-order valence-corrected chi connectivity index (χ1v) is 7.98. The fourth-order valence-electron chi connectivity index (χ4n) is 2.41. The minimum Gasteiger partial charge on any atom is -0.378 e. The van der Waals surface area contributed by atoms with Crippen LogP contribution in [0.1, 0.15) is 19.3 Å². The van der Waals surface area contributed by atoms with Crippen LogP contribution < -0.4 is 10.9 Å². The highest BCUT2D eigenvalue weighted by Gasteiger charge is 2.20. The molecule has 1 N–H and O–H groups in total. The zero-order valence-electron chi connectivity index (χ0n) is 11.7. The van der Waals surface area contributed by atoms with E-state index >= 15 is 0 Å². The molecule has 1 saturated carbocycles. The van der Waals surface area contributed by atoms with Crippen molar-refractivity contribution in [2.24, 2.45) is 5.92 Å². The SMILES string of the molecule is O=c1c(NCCn2ccnc2)c(Br)cnn1CC1CCC1. The molecule has 3 rings (SSSR count). The zero-order valence-corrected chi connectivity index (χ0v) is 13.3. The summed E-state index contributed by atoms with van der Waals surface area (Å²) in [5.74, 6) is 0.607. The number of halogens is 1. The Labute approximate surface area is 131 Å². The van der Waals surface area contributed by atoms with Gasteiger partial charge in [0.15, 0.2) is 0 Å². The van der Waals surface area contributed by atoms with Gasteiger partial charge in [0, 0.05) is 32.0 Å². The van der Waals surface area contributed by atoms with Crippen LogP contribution in [0.15, 0.2) is 34.2 Å². The average molecular weight is 352 g/mol. The van der Waals surface area contributed by atoms with Crippen LogP contribution >= 0.6 is 15.9 Å². The second kappa shape index (κ2) is 6.43. The summed E-state index contributed by atoms with van der Waals surface area (Å²) in [6.45, 7) is 2.15. The lowest BCUT2D eigenvalue weighted by Crippen LogP contribution is -2.31. The molecule has 0 atom stereocenters. The van der Waals surface area contributed by atoms with Gasteiger partial charge in [-0.05, 0) is 34.7 Å². The van der Waals surface area contributed by atoms with Crippen LogP contribution in [0.2, 0.25) is 0 Å². The van der Waals surface area contributed by atoms with E-state index in [-0.39, 0.29) is 5.56 Å². The molecule has 21 heavy (non-hydrogen) atoms. The first kappa shape index (κ1) is 14.3. The van der Waals surface area contributed by atoms with Crippen molar-refractivity contribution in [1.29, 1.82) is 0 Å². The van der Waals surface area contributed by atoms with Crippen LogP contribution in [-0.4, -0.2) is 25.9 Å². The number of imidazole rings is 1. The normalized spacial score (nSPS) is 14.9. The Morgan fingerprint density at radius 1 is 1.43 bits per heavy atom. The van der Waals surface area contributed by atoms with Crippen LogP contribution in [0, 0.1) is 5.92 Å². The van der Waals surface area contributed by atoms with Crippen molar-refractivity contribution in [1.82, 2.24) is 19.3 Å². The van der Waals surface area contributed by atoms with Gasteiger partial charge in [0.2, 0.25) is 0 Å². The molecule has 0 amide bonds. The van der Waals surface area contributed by atoms with Crippen molar-refractivity contribution in [3.63, 3.8) is 0 Å². The minimum absolute atomic E-state index is 0.0538. The van der Waals surface area contributed by atoms with Gasteiger partial charge in [-0.15, -0.1) is 0 Å². The number of rotatable bonds is 6. The third-order valence-electron chi connectivity index (χ3n) is 3.88. The molecule has 7 heteroatoms. The second-order valence-corrected chi connectivity index (χ2v) is 6.23. The molecule has 0 bridgehead atoms. The predicted molar refractivity (Wildman–Crippen MR) is 84.3 cm³/mol. The largest absolute Gasteiger partial charge is 0.378 e. The molecule has 0 saturated heterocycles. The number of hydrogen-bond acceptors (Lipinski definition) is 4. The lowest BCUT2D eigenvalue weighted by Gasteiger charge is -2.25. The van der Waals surface area contributed by atoms with E-state index in [1.807, 2.05) is 10.8 Å². The zero-order chi connectivity index (χ0) is 14.7. The number of nitrogens with one attached hydrogen (secondary N) is 1. The Morgan fingerprint density at radius 2 is 2.29 bits per heavy atom. The van der Waals surface area contributed by atoms with E-state index < -0.39 is 0 Å². The molecule has 0 aromatic carbocycles. The average Bonchev–Trinajstić information content (AvgIpc) is 2.93. The van der Waals surface area contributed by atoms with E-state index in [4.69, 9.17) is 0 Å². The fraction of sp³-hybridized carbons (Fsp3) is 0.500. The molecule has 2 aromatic rings. The van der Waals surface area contributed by atoms with Gasteiger partial charge < -0.3 is 9.88 Å². The number of aromatic nitrogens is 4. The smallest absolute Gasteiger partial charge is 0.291 e. The van der Waals surface area contributed by atoms with Gasteiger partial charge in [-0.2, -0.15) is 5.10 Å². The third kappa shape index (κ3) is 3.34. The topological polar surface area (TPSA) is 64.7 Å². The standard InChI is InChI=1S/C14H18BrN5O/c15-12-8-18-20(9-11-2-1-3-11)14(21)13(12)17-5-7-19-6-4-16-10-19/h4,6,8,10-11,17H,1-3,5,7,9H2. The molecule has 2 aromatic heterocycles. The van der Waals surface area contributed by atoms with Gasteiger partial charge in [-0.3, -0.25) is 4.79 Å². The minimum atomic E-state index is -0.0538. The quantitative estimate of drug-likeness (QED) is 0.865. The summed E-state index contributed by atoms with van der Waals surface area (Å²) in [4.78, 5) is 16.4. The summed E-state index contributed by atoms with van der Waals surface area (Å²) < 4.78 is 4.26. The molecule has 112 valence electrons. The summed E-state index contributed by atoms with van der Waals surface area (Å²) in [7, 11) is 0. The van der Waals surface area contributed by atoms with Gasteiger partial charge in [-0.1, -0.05) is 6.42 Å². The van der Waals surface area contributed by atoms with Crippen LogP contribution in [0.25, 0.3) is 0 Å². The number of nitrogens with zero attached hydrogens (tertiary/aromatic N) is 4. The van der Waals surface area contributed by atoms with Crippen LogP contribution in [0.4, 0.5) is 5.69 Å². The Hall–Kier alpha value is -1.63. The monoisotopic (exact) mass is 351 g/mol. The highest BCUT2D eigenvalue weighted by atomic mass is 79.9. The van der Waals surface area contributed by atoms with Crippen molar-refractivity contribution in [2.75, 3.05) is 11.9 Å². The van der Waals surface area contributed by atoms with E-state index in [0.717, 1.165) is 13.1 Å². The van der Waals surface area contributed by atoms with E-state index in [0.29, 0.717) is 22.6 Å². The molecule has 1 aliphatic carbocycles. The first-order valence-electron chi connectivity index (χ1n) is 7.19. The molecule has 0 aliphatic heterocycles. The fourth-order valence-corrected chi connectivity index (χ4v) is 2.81. The van der Waals surface area contributed by atoms with Gasteiger partial charge in [0.1, 0.15) is 5.69 Å². The highest BCUT2D eigenvalue weighted by molar-refractivity contribution is 9.10. The van der Waals surface area contributed by atoms with Crippen molar-refractivity contribution >= 4 is 21.6 Å². The van der Waals surface area contributed by atoms with E-state index in [1.165, 1.54) is 19.3 Å². The molecule has 0 spiro atoms. The number of hydrogen-bond donors (Lipinski definition) is 1. The van der Waals surface area contributed by atoms with Crippen LogP contribution in [0.5, 0.6) is 0 Å². The maximum Gasteiger partial charge on any atom is 0.291 e. The molecule has 1 aliphatic rings. The van der Waals surface area contributed by atoms with E-state index in [2.05, 4.69) is 31.3 Å². The Kier molecular flexibility index (Phi) is 4.38. The van der Waals surface area contributed by atoms with Gasteiger partial charge in [-0.25, -0.2) is 9.67 Å². The summed E-state index contributed by atoms with van der Waals surface area (Å²) in [6.07, 6.45) is 10.8. The lowest BCUT2D eigenvalue weighted by molar-refractivity contribution is 0.262. The van der Waals surface area contributed by atoms with E-state index in [1.54, 1.807) is 23.4 Å². The molecular weight excluding hydrogens is 334 g/mol. The Balaban J connectivity index is 1.67. The number of anilines is 1. The second-order valence-electron chi connectivity index (χ2n) is 5.38. The predicted octanol–water partition coefficient (Wildman–Crippen LogP) is 2.11. The van der Waals surface area contributed by atoms with Crippen LogP contribution in [0.3, 0.4) is 0 Å². The summed E-state index contributed by atoms with van der Waals surface area (Å²) in [5, 5.41) is 7.42. The lowest BCUT2D eigenvalue weighted by atomic mass is 9.85. The molecular formula is C14H18BrN5O. The van der Waals surface area contributed by atoms with Crippen molar-refractivity contribution in [3.05, 3.63) is 39.7 Å². The molecule has 2 heterocycles. The van der Waals surface area contributed by atoms with Gasteiger partial charge in [0.25, 0.3) is 5.56 Å².